The summed E-state index contributed by atoms with van der Waals surface area (Å²) in [7, 11) is 0. The second-order valence-electron chi connectivity index (χ2n) is 6.16. The molecule has 1 nitrogen and oxygen atoms in total. The third-order valence-electron chi connectivity index (χ3n) is 4.78. The van der Waals surface area contributed by atoms with Crippen molar-refractivity contribution < 1.29 is 0 Å². The SMILES string of the molecule is c1ccc(C2CCN(CC3CCCCC3)C2)cc1. The number of benzene rings is 1. The van der Waals surface area contributed by atoms with E-state index in [1.165, 1.54) is 58.2 Å². The highest BCUT2D eigenvalue weighted by Gasteiger charge is 2.26. The zero-order valence-electron chi connectivity index (χ0n) is 11.4. The summed E-state index contributed by atoms with van der Waals surface area (Å²) in [5.74, 6) is 1.78. The van der Waals surface area contributed by atoms with Crippen molar-refractivity contribution in [3.05, 3.63) is 35.9 Å². The monoisotopic (exact) mass is 243 g/mol. The summed E-state index contributed by atoms with van der Waals surface area (Å²) in [5, 5.41) is 0. The van der Waals surface area contributed by atoms with Crippen LogP contribution >= 0.6 is 0 Å². The highest BCUT2D eigenvalue weighted by atomic mass is 15.1. The molecule has 3 rings (SSSR count). The number of likely N-dealkylation sites (tertiary alicyclic amines) is 1. The summed E-state index contributed by atoms with van der Waals surface area (Å²) in [6.45, 7) is 3.97. The van der Waals surface area contributed by atoms with Crippen molar-refractivity contribution in [2.75, 3.05) is 19.6 Å². The van der Waals surface area contributed by atoms with Crippen molar-refractivity contribution in [1.82, 2.24) is 4.90 Å². The number of nitrogens with zero attached hydrogens (tertiary/aromatic N) is 1. The summed E-state index contributed by atoms with van der Waals surface area (Å²) >= 11 is 0. The van der Waals surface area contributed by atoms with E-state index in [9.17, 15) is 0 Å². The Morgan fingerprint density at radius 3 is 2.50 bits per heavy atom. The molecule has 1 heterocycles. The van der Waals surface area contributed by atoms with Gasteiger partial charge in [-0.15, -0.1) is 0 Å². The lowest BCUT2D eigenvalue weighted by Crippen LogP contribution is -2.28. The van der Waals surface area contributed by atoms with E-state index in [2.05, 4.69) is 35.2 Å². The molecule has 0 radical (unpaired) electrons. The molecule has 1 aliphatic heterocycles. The van der Waals surface area contributed by atoms with E-state index in [0.29, 0.717) is 0 Å². The highest BCUT2D eigenvalue weighted by Crippen LogP contribution is 2.30. The molecule has 0 aromatic heterocycles. The van der Waals surface area contributed by atoms with E-state index >= 15 is 0 Å². The van der Waals surface area contributed by atoms with Crippen LogP contribution in [0.1, 0.15) is 50.0 Å². The van der Waals surface area contributed by atoms with Crippen LogP contribution in [-0.2, 0) is 0 Å². The first-order valence-electron chi connectivity index (χ1n) is 7.69. The van der Waals surface area contributed by atoms with Crippen LogP contribution in [0.25, 0.3) is 0 Å². The average Bonchev–Trinajstić information content (AvgIpc) is 2.89. The van der Waals surface area contributed by atoms with Crippen LogP contribution in [0.4, 0.5) is 0 Å². The molecule has 0 amide bonds. The molecule has 0 spiro atoms. The van der Waals surface area contributed by atoms with E-state index in [4.69, 9.17) is 0 Å². The maximum atomic E-state index is 2.72. The molecule has 2 aliphatic rings. The summed E-state index contributed by atoms with van der Waals surface area (Å²) in [4.78, 5) is 2.72. The van der Waals surface area contributed by atoms with Gasteiger partial charge in [0.1, 0.15) is 0 Å². The van der Waals surface area contributed by atoms with Gasteiger partial charge in [-0.25, -0.2) is 0 Å². The first-order valence-corrected chi connectivity index (χ1v) is 7.69. The third kappa shape index (κ3) is 2.95. The Morgan fingerprint density at radius 1 is 0.944 bits per heavy atom. The van der Waals surface area contributed by atoms with Crippen molar-refractivity contribution in [3.8, 4) is 0 Å². The van der Waals surface area contributed by atoms with Crippen LogP contribution in [0.2, 0.25) is 0 Å². The number of rotatable bonds is 3. The molecule has 1 unspecified atom stereocenters. The summed E-state index contributed by atoms with van der Waals surface area (Å²) < 4.78 is 0. The summed E-state index contributed by atoms with van der Waals surface area (Å²) in [5.41, 5.74) is 1.55. The minimum atomic E-state index is 0.787. The average molecular weight is 243 g/mol. The summed E-state index contributed by atoms with van der Waals surface area (Å²) in [6.07, 6.45) is 8.74. The second kappa shape index (κ2) is 5.88. The number of hydrogen-bond acceptors (Lipinski definition) is 1. The van der Waals surface area contributed by atoms with Gasteiger partial charge in [0.2, 0.25) is 0 Å². The van der Waals surface area contributed by atoms with Crippen LogP contribution in [0.5, 0.6) is 0 Å². The molecule has 1 aromatic carbocycles. The van der Waals surface area contributed by atoms with Gasteiger partial charge in [-0.2, -0.15) is 0 Å². The van der Waals surface area contributed by atoms with E-state index in [0.717, 1.165) is 11.8 Å². The zero-order chi connectivity index (χ0) is 12.2. The van der Waals surface area contributed by atoms with Crippen molar-refractivity contribution >= 4 is 0 Å². The fourth-order valence-corrected chi connectivity index (χ4v) is 3.73. The Labute approximate surface area is 111 Å². The van der Waals surface area contributed by atoms with Crippen LogP contribution < -0.4 is 0 Å². The predicted octanol–water partition coefficient (Wildman–Crippen LogP) is 4.06. The van der Waals surface area contributed by atoms with Gasteiger partial charge in [-0.05, 0) is 43.2 Å². The standard InChI is InChI=1S/C17H25N/c1-3-7-15(8-4-1)13-18-12-11-17(14-18)16-9-5-2-6-10-16/h2,5-6,9-10,15,17H,1,3-4,7-8,11-14H2. The molecule has 1 saturated carbocycles. The minimum Gasteiger partial charge on any atom is -0.302 e. The summed E-state index contributed by atoms with van der Waals surface area (Å²) in [6, 6.07) is 11.1. The van der Waals surface area contributed by atoms with Crippen molar-refractivity contribution in [2.24, 2.45) is 5.92 Å². The van der Waals surface area contributed by atoms with Crippen LogP contribution in [0.15, 0.2) is 30.3 Å². The molecule has 1 atom stereocenters. The first-order chi connectivity index (χ1) is 8.92. The Kier molecular flexibility index (Phi) is 3.99. The molecule has 98 valence electrons. The van der Waals surface area contributed by atoms with Gasteiger partial charge in [-0.3, -0.25) is 0 Å². The van der Waals surface area contributed by atoms with E-state index < -0.39 is 0 Å². The van der Waals surface area contributed by atoms with E-state index in [-0.39, 0.29) is 0 Å². The molecule has 1 heteroatoms. The Hall–Kier alpha value is -0.820. The van der Waals surface area contributed by atoms with E-state index in [1.807, 2.05) is 0 Å². The smallest absolute Gasteiger partial charge is 0.00509 e. The Balaban J connectivity index is 1.52. The maximum absolute atomic E-state index is 2.72. The molecule has 0 bridgehead atoms. The fraction of sp³-hybridized carbons (Fsp3) is 0.647. The topological polar surface area (TPSA) is 3.24 Å². The Morgan fingerprint density at radius 2 is 1.72 bits per heavy atom. The normalized spacial score (nSPS) is 26.6. The lowest BCUT2D eigenvalue weighted by molar-refractivity contribution is 0.232. The minimum absolute atomic E-state index is 0.787. The lowest BCUT2D eigenvalue weighted by Gasteiger charge is -2.26. The number of hydrogen-bond donors (Lipinski definition) is 0. The largest absolute Gasteiger partial charge is 0.302 e. The van der Waals surface area contributed by atoms with Crippen molar-refractivity contribution in [1.29, 1.82) is 0 Å². The van der Waals surface area contributed by atoms with Crippen LogP contribution in [0, 0.1) is 5.92 Å². The Bertz CT molecular complexity index is 353. The molecule has 1 saturated heterocycles. The van der Waals surface area contributed by atoms with E-state index in [1.54, 1.807) is 5.56 Å². The molecule has 18 heavy (non-hydrogen) atoms. The first kappa shape index (κ1) is 12.2. The molecule has 1 aliphatic carbocycles. The van der Waals surface area contributed by atoms with Gasteiger partial charge in [0.15, 0.2) is 0 Å². The lowest BCUT2D eigenvalue weighted by atomic mass is 9.89. The van der Waals surface area contributed by atoms with Crippen molar-refractivity contribution in [3.63, 3.8) is 0 Å². The van der Waals surface area contributed by atoms with Gasteiger partial charge < -0.3 is 4.90 Å². The third-order valence-corrected chi connectivity index (χ3v) is 4.78. The molecular formula is C17H25N. The maximum Gasteiger partial charge on any atom is 0.00509 e. The highest BCUT2D eigenvalue weighted by molar-refractivity contribution is 5.20. The van der Waals surface area contributed by atoms with Gasteiger partial charge in [0.25, 0.3) is 0 Å². The van der Waals surface area contributed by atoms with Crippen LogP contribution in [0.3, 0.4) is 0 Å². The molecule has 2 fully saturated rings. The zero-order valence-corrected chi connectivity index (χ0v) is 11.4. The quantitative estimate of drug-likeness (QED) is 0.774. The van der Waals surface area contributed by atoms with Crippen molar-refractivity contribution in [2.45, 2.75) is 44.4 Å². The van der Waals surface area contributed by atoms with Gasteiger partial charge in [0.05, 0.1) is 0 Å². The molecular weight excluding hydrogens is 218 g/mol. The van der Waals surface area contributed by atoms with Gasteiger partial charge in [-0.1, -0.05) is 49.6 Å². The molecule has 0 N–H and O–H groups in total. The molecule has 1 aromatic rings. The van der Waals surface area contributed by atoms with Gasteiger partial charge >= 0.3 is 0 Å². The second-order valence-corrected chi connectivity index (χ2v) is 6.16. The predicted molar refractivity (Wildman–Crippen MR) is 76.8 cm³/mol. The van der Waals surface area contributed by atoms with Gasteiger partial charge in [0, 0.05) is 13.1 Å². The van der Waals surface area contributed by atoms with Crippen LogP contribution in [-0.4, -0.2) is 24.5 Å². The fourth-order valence-electron chi connectivity index (χ4n) is 3.73.